The molecular weight excluding hydrogens is 434 g/mol. The van der Waals surface area contributed by atoms with Gasteiger partial charge in [0.1, 0.15) is 17.2 Å². The fourth-order valence-corrected chi connectivity index (χ4v) is 3.92. The number of amides is 1. The van der Waals surface area contributed by atoms with Gasteiger partial charge < -0.3 is 19.5 Å². The summed E-state index contributed by atoms with van der Waals surface area (Å²) in [6.07, 6.45) is 0. The Bertz CT molecular complexity index is 1040. The van der Waals surface area contributed by atoms with Crippen molar-refractivity contribution < 1.29 is 19.0 Å². The molecule has 0 unspecified atom stereocenters. The number of hydrogen-bond acceptors (Lipinski definition) is 5. The summed E-state index contributed by atoms with van der Waals surface area (Å²) >= 11 is 7.62. The van der Waals surface area contributed by atoms with E-state index in [1.165, 1.54) is 0 Å². The largest absolute Gasteiger partial charge is 0.497 e. The van der Waals surface area contributed by atoms with E-state index in [0.717, 1.165) is 16.2 Å². The molecule has 1 amide bonds. The van der Waals surface area contributed by atoms with Crippen molar-refractivity contribution in [3.8, 4) is 17.2 Å². The van der Waals surface area contributed by atoms with Gasteiger partial charge in [-0.25, -0.2) is 0 Å². The molecule has 7 heteroatoms. The van der Waals surface area contributed by atoms with Gasteiger partial charge in [-0.15, -0.1) is 11.8 Å². The Morgan fingerprint density at radius 2 is 1.74 bits per heavy atom. The lowest BCUT2D eigenvalue weighted by molar-refractivity contribution is 0.102. The Kier molecular flexibility index (Phi) is 8.09. The van der Waals surface area contributed by atoms with Gasteiger partial charge in [-0.3, -0.25) is 4.79 Å². The van der Waals surface area contributed by atoms with Crippen molar-refractivity contribution in [2.24, 2.45) is 0 Å². The van der Waals surface area contributed by atoms with Gasteiger partial charge in [-0.05, 0) is 61.5 Å². The third-order valence-electron chi connectivity index (χ3n) is 4.49. The number of benzene rings is 3. The molecular formula is C24H24ClNO4S. The third-order valence-corrected chi connectivity index (χ3v) is 5.80. The number of methoxy groups -OCH3 is 2. The number of halogens is 1. The first kappa shape index (κ1) is 22.8. The van der Waals surface area contributed by atoms with E-state index in [-0.39, 0.29) is 5.91 Å². The molecule has 162 valence electrons. The minimum Gasteiger partial charge on any atom is -0.497 e. The van der Waals surface area contributed by atoms with Crippen LogP contribution in [0, 0.1) is 0 Å². The van der Waals surface area contributed by atoms with Gasteiger partial charge in [0.15, 0.2) is 0 Å². The highest BCUT2D eigenvalue weighted by atomic mass is 35.5. The highest BCUT2D eigenvalue weighted by molar-refractivity contribution is 7.98. The molecule has 0 fully saturated rings. The van der Waals surface area contributed by atoms with Gasteiger partial charge in [-0.1, -0.05) is 11.6 Å². The zero-order chi connectivity index (χ0) is 22.2. The van der Waals surface area contributed by atoms with Crippen LogP contribution in [-0.2, 0) is 5.75 Å². The van der Waals surface area contributed by atoms with Gasteiger partial charge in [0.25, 0.3) is 5.91 Å². The number of carbonyl (C=O) groups is 1. The molecule has 0 radical (unpaired) electrons. The van der Waals surface area contributed by atoms with E-state index < -0.39 is 0 Å². The van der Waals surface area contributed by atoms with Gasteiger partial charge in [0, 0.05) is 32.9 Å². The van der Waals surface area contributed by atoms with Crippen molar-refractivity contribution in [2.45, 2.75) is 17.6 Å². The van der Waals surface area contributed by atoms with Crippen molar-refractivity contribution >= 4 is 35.0 Å². The lowest BCUT2D eigenvalue weighted by Crippen LogP contribution is -2.13. The number of rotatable bonds is 9. The van der Waals surface area contributed by atoms with E-state index in [2.05, 4.69) is 5.32 Å². The minimum atomic E-state index is -0.232. The van der Waals surface area contributed by atoms with Crippen LogP contribution in [0.25, 0.3) is 0 Å². The Labute approximate surface area is 191 Å². The van der Waals surface area contributed by atoms with Crippen LogP contribution in [0.15, 0.2) is 65.6 Å². The molecule has 0 aromatic heterocycles. The van der Waals surface area contributed by atoms with Crippen molar-refractivity contribution in [3.05, 3.63) is 76.8 Å². The molecule has 0 saturated carbocycles. The van der Waals surface area contributed by atoms with Gasteiger partial charge >= 0.3 is 0 Å². The second-order valence-electron chi connectivity index (χ2n) is 6.52. The molecule has 1 N–H and O–H groups in total. The van der Waals surface area contributed by atoms with Crippen LogP contribution in [0.5, 0.6) is 17.2 Å². The van der Waals surface area contributed by atoms with Crippen LogP contribution < -0.4 is 19.5 Å². The van der Waals surface area contributed by atoms with E-state index >= 15 is 0 Å². The number of hydrogen-bond donors (Lipinski definition) is 1. The summed E-state index contributed by atoms with van der Waals surface area (Å²) in [5.41, 5.74) is 2.04. The Morgan fingerprint density at radius 3 is 2.42 bits per heavy atom. The van der Waals surface area contributed by atoms with E-state index in [1.54, 1.807) is 50.2 Å². The smallest absolute Gasteiger partial charge is 0.255 e. The highest BCUT2D eigenvalue weighted by Gasteiger charge is 2.14. The Morgan fingerprint density at radius 1 is 0.968 bits per heavy atom. The number of carbonyl (C=O) groups excluding carboxylic acids is 1. The quantitative estimate of drug-likeness (QED) is 0.382. The lowest BCUT2D eigenvalue weighted by Gasteiger charge is -2.14. The Balaban J connectivity index is 1.80. The first-order chi connectivity index (χ1) is 15.0. The fourth-order valence-electron chi connectivity index (χ4n) is 2.92. The van der Waals surface area contributed by atoms with Crippen LogP contribution in [0.2, 0.25) is 5.02 Å². The van der Waals surface area contributed by atoms with Gasteiger partial charge in [0.05, 0.1) is 26.5 Å². The summed E-state index contributed by atoms with van der Waals surface area (Å²) in [5.74, 6) is 2.37. The molecule has 0 saturated heterocycles. The molecule has 5 nitrogen and oxygen atoms in total. The maximum Gasteiger partial charge on any atom is 0.255 e. The predicted molar refractivity (Wildman–Crippen MR) is 126 cm³/mol. The average Bonchev–Trinajstić information content (AvgIpc) is 2.79. The van der Waals surface area contributed by atoms with Crippen LogP contribution >= 0.6 is 23.4 Å². The summed E-state index contributed by atoms with van der Waals surface area (Å²) in [6, 6.07) is 18.4. The Hall–Kier alpha value is -2.83. The van der Waals surface area contributed by atoms with Gasteiger partial charge in [0.2, 0.25) is 0 Å². The summed E-state index contributed by atoms with van der Waals surface area (Å²) in [4.78, 5) is 14.0. The second-order valence-corrected chi connectivity index (χ2v) is 8.00. The maximum absolute atomic E-state index is 12.9. The number of thioether (sulfide) groups is 1. The van der Waals surface area contributed by atoms with Crippen molar-refractivity contribution in [1.29, 1.82) is 0 Å². The standard InChI is InChI=1S/C24H24ClNO4S/c1-4-30-22-12-5-16(13-17(22)15-31-20-9-6-18(25)7-10-20)24(27)26-21-11-8-19(28-2)14-23(21)29-3/h5-14H,4,15H2,1-3H3,(H,26,27). The summed E-state index contributed by atoms with van der Waals surface area (Å²) in [7, 11) is 3.13. The van der Waals surface area contributed by atoms with Crippen LogP contribution in [0.1, 0.15) is 22.8 Å². The molecule has 0 bridgehead atoms. The van der Waals surface area contributed by atoms with E-state index in [0.29, 0.717) is 40.1 Å². The second kappa shape index (κ2) is 11.0. The molecule has 0 heterocycles. The zero-order valence-corrected chi connectivity index (χ0v) is 19.2. The van der Waals surface area contributed by atoms with Crippen molar-refractivity contribution in [1.82, 2.24) is 0 Å². The maximum atomic E-state index is 12.9. The zero-order valence-electron chi connectivity index (χ0n) is 17.6. The summed E-state index contributed by atoms with van der Waals surface area (Å²) in [5, 5.41) is 3.61. The average molecular weight is 458 g/mol. The van der Waals surface area contributed by atoms with Crippen molar-refractivity contribution in [2.75, 3.05) is 26.1 Å². The van der Waals surface area contributed by atoms with Crippen molar-refractivity contribution in [3.63, 3.8) is 0 Å². The van der Waals surface area contributed by atoms with Crippen LogP contribution in [0.3, 0.4) is 0 Å². The predicted octanol–water partition coefficient (Wildman–Crippen LogP) is 6.30. The highest BCUT2D eigenvalue weighted by Crippen LogP contribution is 2.32. The van der Waals surface area contributed by atoms with Crippen LogP contribution in [-0.4, -0.2) is 26.7 Å². The summed E-state index contributed by atoms with van der Waals surface area (Å²) in [6.45, 7) is 2.49. The molecule has 0 aliphatic rings. The SMILES string of the molecule is CCOc1ccc(C(=O)Nc2ccc(OC)cc2OC)cc1CSc1ccc(Cl)cc1. The third kappa shape index (κ3) is 6.09. The van der Waals surface area contributed by atoms with Crippen LogP contribution in [0.4, 0.5) is 5.69 Å². The van der Waals surface area contributed by atoms with Gasteiger partial charge in [-0.2, -0.15) is 0 Å². The lowest BCUT2D eigenvalue weighted by atomic mass is 10.1. The molecule has 3 aromatic carbocycles. The molecule has 3 rings (SSSR count). The molecule has 0 atom stereocenters. The number of ether oxygens (including phenoxy) is 3. The van der Waals surface area contributed by atoms with E-state index in [4.69, 9.17) is 25.8 Å². The molecule has 0 aliphatic carbocycles. The normalized spacial score (nSPS) is 10.5. The van der Waals surface area contributed by atoms with E-state index in [9.17, 15) is 4.79 Å². The number of anilines is 1. The molecule has 0 aliphatic heterocycles. The molecule has 0 spiro atoms. The fraction of sp³-hybridized carbons (Fsp3) is 0.208. The first-order valence-electron chi connectivity index (χ1n) is 9.71. The molecule has 31 heavy (non-hydrogen) atoms. The summed E-state index contributed by atoms with van der Waals surface area (Å²) < 4.78 is 16.3. The topological polar surface area (TPSA) is 56.8 Å². The minimum absolute atomic E-state index is 0.232. The van der Waals surface area contributed by atoms with E-state index in [1.807, 2.05) is 43.3 Å². The molecule has 3 aromatic rings. The number of nitrogens with one attached hydrogen (secondary N) is 1. The monoisotopic (exact) mass is 457 g/mol. The first-order valence-corrected chi connectivity index (χ1v) is 11.1.